The van der Waals surface area contributed by atoms with Crippen molar-refractivity contribution in [1.82, 2.24) is 20.0 Å². The van der Waals surface area contributed by atoms with Crippen molar-refractivity contribution in [2.24, 2.45) is 11.8 Å². The molecule has 2 aromatic heterocycles. The first-order chi connectivity index (χ1) is 12.1. The lowest BCUT2D eigenvalue weighted by atomic mass is 9.96. The maximum absolute atomic E-state index is 12.5. The fraction of sp³-hybridized carbons (Fsp3) is 0.500. The molecule has 6 nitrogen and oxygen atoms in total. The van der Waals surface area contributed by atoms with Gasteiger partial charge in [0.1, 0.15) is 0 Å². The van der Waals surface area contributed by atoms with E-state index in [9.17, 15) is 9.59 Å². The normalized spacial score (nSPS) is 18.8. The highest BCUT2D eigenvalue weighted by atomic mass is 32.1. The molecule has 1 saturated heterocycles. The quantitative estimate of drug-likeness (QED) is 0.859. The number of thiophene rings is 1. The predicted molar refractivity (Wildman–Crippen MR) is 97.3 cm³/mol. The van der Waals surface area contributed by atoms with Gasteiger partial charge in [0.25, 0.3) is 5.91 Å². The molecule has 1 N–H and O–H groups in total. The molecule has 1 aliphatic rings. The Morgan fingerprint density at radius 3 is 3.04 bits per heavy atom. The second-order valence-corrected chi connectivity index (χ2v) is 7.59. The van der Waals surface area contributed by atoms with Gasteiger partial charge in [-0.05, 0) is 36.3 Å². The third-order valence-electron chi connectivity index (χ3n) is 4.49. The average Bonchev–Trinajstić information content (AvgIpc) is 3.33. The molecule has 7 heteroatoms. The first-order valence-electron chi connectivity index (χ1n) is 8.71. The minimum Gasteiger partial charge on any atom is -0.355 e. The summed E-state index contributed by atoms with van der Waals surface area (Å²) in [6, 6.07) is 5.62. The molecule has 3 heterocycles. The molecule has 1 aliphatic heterocycles. The number of hydrogen-bond donors (Lipinski definition) is 1. The van der Waals surface area contributed by atoms with Gasteiger partial charge in [0, 0.05) is 38.6 Å². The monoisotopic (exact) mass is 360 g/mol. The fourth-order valence-corrected chi connectivity index (χ4v) is 3.83. The number of rotatable bonds is 6. The number of carbonyl (C=O) groups is 2. The van der Waals surface area contributed by atoms with Gasteiger partial charge in [-0.15, -0.1) is 11.3 Å². The number of likely N-dealkylation sites (tertiary alicyclic amines) is 1. The highest BCUT2D eigenvalue weighted by Crippen LogP contribution is 2.20. The molecule has 25 heavy (non-hydrogen) atoms. The van der Waals surface area contributed by atoms with E-state index in [1.54, 1.807) is 6.20 Å². The van der Waals surface area contributed by atoms with Crippen LogP contribution in [0.3, 0.4) is 0 Å². The largest absolute Gasteiger partial charge is 0.355 e. The molecule has 2 atom stereocenters. The first-order valence-corrected chi connectivity index (χ1v) is 9.59. The molecule has 0 saturated carbocycles. The molecular weight excluding hydrogens is 336 g/mol. The van der Waals surface area contributed by atoms with E-state index in [-0.39, 0.29) is 17.7 Å². The molecule has 2 aromatic rings. The number of hydrogen-bond acceptors (Lipinski definition) is 4. The van der Waals surface area contributed by atoms with E-state index in [4.69, 9.17) is 0 Å². The van der Waals surface area contributed by atoms with Crippen LogP contribution in [0.2, 0.25) is 0 Å². The van der Waals surface area contributed by atoms with Crippen LogP contribution < -0.4 is 5.32 Å². The maximum atomic E-state index is 12.5. The van der Waals surface area contributed by atoms with Crippen molar-refractivity contribution in [3.8, 4) is 0 Å². The summed E-state index contributed by atoms with van der Waals surface area (Å²) in [5.74, 6) is 0.279. The fourth-order valence-electron chi connectivity index (χ4n) is 3.14. The minimum atomic E-state index is -0.116. The van der Waals surface area contributed by atoms with Crippen molar-refractivity contribution in [2.45, 2.75) is 26.3 Å². The number of nitrogens with one attached hydrogen (secondary N) is 1. The smallest absolute Gasteiger partial charge is 0.263 e. The van der Waals surface area contributed by atoms with E-state index in [1.807, 2.05) is 39.4 Å². The lowest BCUT2D eigenvalue weighted by Crippen LogP contribution is -2.46. The van der Waals surface area contributed by atoms with Gasteiger partial charge in [-0.25, -0.2) is 0 Å². The Labute approximate surface area is 151 Å². The Kier molecular flexibility index (Phi) is 5.86. The van der Waals surface area contributed by atoms with E-state index < -0.39 is 0 Å². The molecule has 0 aliphatic carbocycles. The van der Waals surface area contributed by atoms with Crippen LogP contribution in [0.5, 0.6) is 0 Å². The third-order valence-corrected chi connectivity index (χ3v) is 5.35. The highest BCUT2D eigenvalue weighted by molar-refractivity contribution is 7.12. The molecule has 134 valence electrons. The van der Waals surface area contributed by atoms with Crippen LogP contribution in [0, 0.1) is 11.8 Å². The Bertz CT molecular complexity index is 684. The van der Waals surface area contributed by atoms with E-state index in [1.165, 1.54) is 11.3 Å². The SMILES string of the molecule is CC(CNC(=O)C1CCCN(C(=O)c2cccs2)C1)Cn1cccn1. The summed E-state index contributed by atoms with van der Waals surface area (Å²) in [7, 11) is 0. The zero-order valence-electron chi connectivity index (χ0n) is 14.4. The lowest BCUT2D eigenvalue weighted by molar-refractivity contribution is -0.126. The molecule has 0 radical (unpaired) electrons. The van der Waals surface area contributed by atoms with E-state index >= 15 is 0 Å². The third kappa shape index (κ3) is 4.69. The molecule has 2 unspecified atom stereocenters. The zero-order chi connectivity index (χ0) is 17.6. The number of nitrogens with zero attached hydrogens (tertiary/aromatic N) is 3. The summed E-state index contributed by atoms with van der Waals surface area (Å²) in [5, 5.41) is 9.14. The Balaban J connectivity index is 1.47. The van der Waals surface area contributed by atoms with Crippen molar-refractivity contribution in [1.29, 1.82) is 0 Å². The number of aromatic nitrogens is 2. The molecule has 0 bridgehead atoms. The van der Waals surface area contributed by atoms with Gasteiger partial charge in [-0.1, -0.05) is 13.0 Å². The predicted octanol–water partition coefficient (Wildman–Crippen LogP) is 2.25. The lowest BCUT2D eigenvalue weighted by Gasteiger charge is -2.32. The zero-order valence-corrected chi connectivity index (χ0v) is 15.2. The van der Waals surface area contributed by atoms with Gasteiger partial charge < -0.3 is 10.2 Å². The van der Waals surface area contributed by atoms with Gasteiger partial charge in [0.05, 0.1) is 10.8 Å². The Morgan fingerprint density at radius 2 is 2.32 bits per heavy atom. The van der Waals surface area contributed by atoms with Crippen LogP contribution in [0.4, 0.5) is 0 Å². The second kappa shape index (κ2) is 8.29. The van der Waals surface area contributed by atoms with Gasteiger partial charge in [0.15, 0.2) is 0 Å². The number of amides is 2. The summed E-state index contributed by atoms with van der Waals surface area (Å²) < 4.78 is 1.87. The summed E-state index contributed by atoms with van der Waals surface area (Å²) in [6.07, 6.45) is 5.39. The second-order valence-electron chi connectivity index (χ2n) is 6.65. The first kappa shape index (κ1) is 17.7. The van der Waals surface area contributed by atoms with Crippen LogP contribution in [0.15, 0.2) is 36.0 Å². The van der Waals surface area contributed by atoms with Gasteiger partial charge in [0.2, 0.25) is 5.91 Å². The maximum Gasteiger partial charge on any atom is 0.263 e. The number of carbonyl (C=O) groups excluding carboxylic acids is 2. The topological polar surface area (TPSA) is 67.2 Å². The van der Waals surface area contributed by atoms with Crippen molar-refractivity contribution in [2.75, 3.05) is 19.6 Å². The summed E-state index contributed by atoms with van der Waals surface area (Å²) in [6.45, 7) is 4.73. The van der Waals surface area contributed by atoms with Crippen molar-refractivity contribution in [3.63, 3.8) is 0 Å². The van der Waals surface area contributed by atoms with E-state index in [0.717, 1.165) is 30.8 Å². The van der Waals surface area contributed by atoms with Crippen molar-refractivity contribution >= 4 is 23.2 Å². The van der Waals surface area contributed by atoms with Crippen LogP contribution >= 0.6 is 11.3 Å². The molecule has 1 fully saturated rings. The van der Waals surface area contributed by atoms with Gasteiger partial charge >= 0.3 is 0 Å². The summed E-state index contributed by atoms with van der Waals surface area (Å²) in [5.41, 5.74) is 0. The minimum absolute atomic E-state index is 0.0413. The van der Waals surface area contributed by atoms with Crippen LogP contribution in [0.25, 0.3) is 0 Å². The summed E-state index contributed by atoms with van der Waals surface area (Å²) in [4.78, 5) is 27.5. The van der Waals surface area contributed by atoms with E-state index in [0.29, 0.717) is 19.0 Å². The summed E-state index contributed by atoms with van der Waals surface area (Å²) >= 11 is 1.45. The van der Waals surface area contributed by atoms with Crippen LogP contribution in [-0.2, 0) is 11.3 Å². The van der Waals surface area contributed by atoms with E-state index in [2.05, 4.69) is 17.3 Å². The van der Waals surface area contributed by atoms with Crippen LogP contribution in [-0.4, -0.2) is 46.1 Å². The molecular formula is C18H24N4O2S. The Morgan fingerprint density at radius 1 is 1.44 bits per heavy atom. The molecule has 2 amide bonds. The standard InChI is InChI=1S/C18H24N4O2S/c1-14(12-22-9-4-7-20-22)11-19-17(23)15-5-2-8-21(13-15)18(24)16-6-3-10-25-16/h3-4,6-7,9-10,14-15H,2,5,8,11-13H2,1H3,(H,19,23). The molecule has 0 aromatic carbocycles. The van der Waals surface area contributed by atoms with Gasteiger partial charge in [-0.2, -0.15) is 5.10 Å². The van der Waals surface area contributed by atoms with Crippen molar-refractivity contribution < 1.29 is 9.59 Å². The molecule has 0 spiro atoms. The highest BCUT2D eigenvalue weighted by Gasteiger charge is 2.29. The Hall–Kier alpha value is -2.15. The number of piperidine rings is 1. The average molecular weight is 360 g/mol. The van der Waals surface area contributed by atoms with Crippen LogP contribution in [0.1, 0.15) is 29.4 Å². The van der Waals surface area contributed by atoms with Crippen molar-refractivity contribution in [3.05, 3.63) is 40.8 Å². The van der Waals surface area contributed by atoms with Gasteiger partial charge in [-0.3, -0.25) is 14.3 Å². The molecule has 3 rings (SSSR count).